The van der Waals surface area contributed by atoms with E-state index in [0.717, 1.165) is 36.6 Å². The summed E-state index contributed by atoms with van der Waals surface area (Å²) in [5.41, 5.74) is 2.19. The molecular formula is C14H19N5OS. The lowest BCUT2D eigenvalue weighted by Crippen LogP contribution is -2.40. The number of carbonyl (C=O) groups excluding carboxylic acids is 1. The van der Waals surface area contributed by atoms with Crippen molar-refractivity contribution in [3.8, 4) is 0 Å². The third-order valence-corrected chi connectivity index (χ3v) is 4.71. The molecule has 1 saturated heterocycles. The van der Waals surface area contributed by atoms with E-state index in [1.165, 1.54) is 17.2 Å². The van der Waals surface area contributed by atoms with E-state index in [4.69, 9.17) is 0 Å². The van der Waals surface area contributed by atoms with E-state index in [-0.39, 0.29) is 6.03 Å². The maximum absolute atomic E-state index is 12.2. The number of carbonyl (C=O) groups is 1. The number of nitrogens with one attached hydrogen (secondary N) is 1. The van der Waals surface area contributed by atoms with E-state index in [1.54, 1.807) is 0 Å². The van der Waals surface area contributed by atoms with Crippen LogP contribution in [-0.4, -0.2) is 37.9 Å². The van der Waals surface area contributed by atoms with Crippen molar-refractivity contribution in [2.45, 2.75) is 25.7 Å². The highest BCUT2D eigenvalue weighted by Gasteiger charge is 2.25. The van der Waals surface area contributed by atoms with Gasteiger partial charge in [-0.05, 0) is 37.4 Å². The third-order valence-electron chi connectivity index (χ3n) is 3.91. The minimum atomic E-state index is -0.0258. The van der Waals surface area contributed by atoms with E-state index in [2.05, 4.69) is 19.2 Å². The number of aryl methyl sites for hydroxylation is 2. The van der Waals surface area contributed by atoms with E-state index >= 15 is 0 Å². The van der Waals surface area contributed by atoms with Gasteiger partial charge in [-0.25, -0.2) is 9.78 Å². The molecule has 2 aromatic rings. The topological polar surface area (TPSA) is 63.1 Å². The molecule has 0 atom stereocenters. The van der Waals surface area contributed by atoms with Gasteiger partial charge in [-0.2, -0.15) is 4.37 Å². The molecule has 0 saturated carbocycles. The number of amides is 2. The Morgan fingerprint density at radius 1 is 1.43 bits per heavy atom. The van der Waals surface area contributed by atoms with Crippen molar-refractivity contribution in [1.29, 1.82) is 0 Å². The average molecular weight is 305 g/mol. The molecule has 0 bridgehead atoms. The molecule has 2 aromatic heterocycles. The van der Waals surface area contributed by atoms with Gasteiger partial charge in [-0.1, -0.05) is 0 Å². The summed E-state index contributed by atoms with van der Waals surface area (Å²) in [6, 6.07) is 1.87. The van der Waals surface area contributed by atoms with Crippen molar-refractivity contribution in [1.82, 2.24) is 18.8 Å². The van der Waals surface area contributed by atoms with Crippen molar-refractivity contribution in [2.24, 2.45) is 7.05 Å². The fourth-order valence-electron chi connectivity index (χ4n) is 2.75. The predicted molar refractivity (Wildman–Crippen MR) is 82.6 cm³/mol. The summed E-state index contributed by atoms with van der Waals surface area (Å²) in [6.07, 6.45) is 5.73. The summed E-state index contributed by atoms with van der Waals surface area (Å²) in [4.78, 5) is 18.3. The van der Waals surface area contributed by atoms with Gasteiger partial charge in [0.15, 0.2) is 0 Å². The first-order chi connectivity index (χ1) is 10.1. The molecule has 1 N–H and O–H groups in total. The third kappa shape index (κ3) is 3.07. The van der Waals surface area contributed by atoms with E-state index < -0.39 is 0 Å². The number of imidazole rings is 1. The van der Waals surface area contributed by atoms with E-state index in [0.29, 0.717) is 5.92 Å². The van der Waals surface area contributed by atoms with Crippen LogP contribution in [0.1, 0.15) is 30.1 Å². The number of nitrogens with zero attached hydrogens (tertiary/aromatic N) is 4. The van der Waals surface area contributed by atoms with E-state index in [9.17, 15) is 4.79 Å². The SMILES string of the molecule is Cc1cc(NC(=O)N2CCC(c3cncn3C)CC2)sn1. The molecule has 1 aliphatic heterocycles. The molecule has 1 aliphatic rings. The van der Waals surface area contributed by atoms with E-state index in [1.807, 2.05) is 37.5 Å². The first-order valence-electron chi connectivity index (χ1n) is 7.09. The molecular weight excluding hydrogens is 286 g/mol. The number of hydrogen-bond acceptors (Lipinski definition) is 4. The van der Waals surface area contributed by atoms with Crippen LogP contribution in [0.15, 0.2) is 18.6 Å². The zero-order chi connectivity index (χ0) is 14.8. The fourth-order valence-corrected chi connectivity index (χ4v) is 3.40. The predicted octanol–water partition coefficient (Wildman–Crippen LogP) is 2.60. The Morgan fingerprint density at radius 3 is 2.76 bits per heavy atom. The maximum Gasteiger partial charge on any atom is 0.322 e. The Morgan fingerprint density at radius 2 is 2.19 bits per heavy atom. The molecule has 0 aromatic carbocycles. The van der Waals surface area contributed by atoms with Crippen molar-refractivity contribution in [2.75, 3.05) is 18.4 Å². The summed E-state index contributed by atoms with van der Waals surface area (Å²) in [6.45, 7) is 3.48. The second kappa shape index (κ2) is 5.85. The molecule has 0 unspecified atom stereocenters. The molecule has 112 valence electrons. The molecule has 6 nitrogen and oxygen atoms in total. The van der Waals surface area contributed by atoms with Crippen molar-refractivity contribution in [3.05, 3.63) is 30.0 Å². The second-order valence-corrected chi connectivity index (χ2v) is 6.26. The molecule has 7 heteroatoms. The highest BCUT2D eigenvalue weighted by molar-refractivity contribution is 7.10. The first-order valence-corrected chi connectivity index (χ1v) is 7.86. The molecule has 1 fully saturated rings. The number of rotatable bonds is 2. The second-order valence-electron chi connectivity index (χ2n) is 5.45. The monoisotopic (exact) mass is 305 g/mol. The molecule has 0 spiro atoms. The molecule has 0 aliphatic carbocycles. The lowest BCUT2D eigenvalue weighted by atomic mass is 9.94. The van der Waals surface area contributed by atoms with Gasteiger partial charge in [0, 0.05) is 37.9 Å². The van der Waals surface area contributed by atoms with Gasteiger partial charge in [0.25, 0.3) is 0 Å². The van der Waals surface area contributed by atoms with Gasteiger partial charge in [0.2, 0.25) is 0 Å². The minimum Gasteiger partial charge on any atom is -0.337 e. The summed E-state index contributed by atoms with van der Waals surface area (Å²) in [5.74, 6) is 0.493. The van der Waals surface area contributed by atoms with Crippen molar-refractivity contribution in [3.63, 3.8) is 0 Å². The van der Waals surface area contributed by atoms with Gasteiger partial charge in [0.05, 0.1) is 12.0 Å². The lowest BCUT2D eigenvalue weighted by Gasteiger charge is -2.31. The number of likely N-dealkylation sites (tertiary alicyclic amines) is 1. The number of anilines is 1. The molecule has 3 rings (SSSR count). The van der Waals surface area contributed by atoms with Crippen LogP contribution in [0.4, 0.5) is 9.80 Å². The normalized spacial score (nSPS) is 16.2. The largest absolute Gasteiger partial charge is 0.337 e. The van der Waals surface area contributed by atoms with Crippen LogP contribution in [0.2, 0.25) is 0 Å². The average Bonchev–Trinajstić information content (AvgIpc) is 3.08. The van der Waals surface area contributed by atoms with Crippen LogP contribution in [0, 0.1) is 6.92 Å². The van der Waals surface area contributed by atoms with Crippen LogP contribution in [0.5, 0.6) is 0 Å². The summed E-state index contributed by atoms with van der Waals surface area (Å²) in [5, 5.41) is 3.73. The summed E-state index contributed by atoms with van der Waals surface area (Å²) < 4.78 is 6.24. The van der Waals surface area contributed by atoms with Crippen LogP contribution in [-0.2, 0) is 7.05 Å². The fraction of sp³-hybridized carbons (Fsp3) is 0.500. The quantitative estimate of drug-likeness (QED) is 0.927. The van der Waals surface area contributed by atoms with Crippen LogP contribution in [0.25, 0.3) is 0 Å². The Hall–Kier alpha value is -1.89. The zero-order valence-corrected chi connectivity index (χ0v) is 13.1. The zero-order valence-electron chi connectivity index (χ0n) is 12.2. The molecule has 0 radical (unpaired) electrons. The number of piperidine rings is 1. The Balaban J connectivity index is 1.56. The Labute approximate surface area is 128 Å². The first kappa shape index (κ1) is 14.1. The van der Waals surface area contributed by atoms with Gasteiger partial charge in [0.1, 0.15) is 5.00 Å². The molecule has 21 heavy (non-hydrogen) atoms. The Bertz CT molecular complexity index is 627. The van der Waals surface area contributed by atoms with Crippen molar-refractivity contribution < 1.29 is 4.79 Å². The van der Waals surface area contributed by atoms with Crippen LogP contribution in [0.3, 0.4) is 0 Å². The minimum absolute atomic E-state index is 0.0258. The number of hydrogen-bond donors (Lipinski definition) is 1. The smallest absolute Gasteiger partial charge is 0.322 e. The van der Waals surface area contributed by atoms with Gasteiger partial charge < -0.3 is 9.47 Å². The molecule has 2 amide bonds. The van der Waals surface area contributed by atoms with Gasteiger partial charge in [-0.15, -0.1) is 0 Å². The molecule has 3 heterocycles. The van der Waals surface area contributed by atoms with Gasteiger partial charge in [-0.3, -0.25) is 5.32 Å². The summed E-state index contributed by atoms with van der Waals surface area (Å²) >= 11 is 1.32. The standard InChI is InChI=1S/C14H19N5OS/c1-10-7-13(21-17-10)16-14(20)19-5-3-11(4-6-19)12-8-15-9-18(12)2/h7-9,11H,3-6H2,1-2H3,(H,16,20). The highest BCUT2D eigenvalue weighted by Crippen LogP contribution is 2.27. The van der Waals surface area contributed by atoms with Crippen LogP contribution < -0.4 is 5.32 Å². The Kier molecular flexibility index (Phi) is 3.92. The highest BCUT2D eigenvalue weighted by atomic mass is 32.1. The summed E-state index contributed by atoms with van der Waals surface area (Å²) in [7, 11) is 2.02. The lowest BCUT2D eigenvalue weighted by molar-refractivity contribution is 0.194. The van der Waals surface area contributed by atoms with Gasteiger partial charge >= 0.3 is 6.03 Å². The maximum atomic E-state index is 12.2. The number of aromatic nitrogens is 3. The number of urea groups is 1. The van der Waals surface area contributed by atoms with Crippen molar-refractivity contribution >= 4 is 22.6 Å². The van der Waals surface area contributed by atoms with Crippen LogP contribution >= 0.6 is 11.5 Å².